The fourth-order valence-corrected chi connectivity index (χ4v) is 19.7. The number of cyclic esters (lactones) is 3. The first kappa shape index (κ1) is 77.0. The molecule has 20 nitrogen and oxygen atoms in total. The zero-order chi connectivity index (χ0) is 76.6. The lowest BCUT2D eigenvalue weighted by atomic mass is 9.57. The highest BCUT2D eigenvalue weighted by Crippen LogP contribution is 2.57. The summed E-state index contributed by atoms with van der Waals surface area (Å²) in [7, 11) is 3.99. The lowest BCUT2D eigenvalue weighted by Gasteiger charge is -2.47. The van der Waals surface area contributed by atoms with Crippen LogP contribution in [0.5, 0.6) is 0 Å². The Balaban J connectivity index is 0.000000144. The van der Waals surface area contributed by atoms with E-state index in [0.29, 0.717) is 29.6 Å². The van der Waals surface area contributed by atoms with Gasteiger partial charge in [-0.05, 0) is 241 Å². The van der Waals surface area contributed by atoms with E-state index in [-0.39, 0.29) is 131 Å². The number of halogens is 3. The van der Waals surface area contributed by atoms with Gasteiger partial charge in [-0.3, -0.25) is 29.3 Å². The van der Waals surface area contributed by atoms with Gasteiger partial charge in [0, 0.05) is 71.2 Å². The molecule has 3 aliphatic heterocycles. The molecule has 3 amide bonds. The van der Waals surface area contributed by atoms with Crippen LogP contribution in [0.1, 0.15) is 115 Å². The summed E-state index contributed by atoms with van der Waals surface area (Å²) in [4.78, 5) is 98.6. The molecule has 3 N–H and O–H groups in total. The number of nitrogens with one attached hydrogen (secondary N) is 3. The minimum absolute atomic E-state index is 0.0664. The molecule has 23 heteroatoms. The third-order valence-electron chi connectivity index (χ3n) is 24.6. The molecule has 3 aromatic heterocycles. The molecule has 6 saturated carbocycles. The van der Waals surface area contributed by atoms with Crippen molar-refractivity contribution in [3.05, 3.63) is 181 Å². The number of allylic oxidation sites excluding steroid dienone is 3. The van der Waals surface area contributed by atoms with Gasteiger partial charge in [-0.25, -0.2) is 32.3 Å². The van der Waals surface area contributed by atoms with Crippen LogP contribution in [0, 0.1) is 106 Å². The second-order valence-electron chi connectivity index (χ2n) is 30.8. The van der Waals surface area contributed by atoms with Crippen molar-refractivity contribution in [2.24, 2.45) is 88.8 Å². The van der Waals surface area contributed by atoms with Gasteiger partial charge in [-0.15, -0.1) is 0 Å². The number of nitrogens with zero attached hydrogens (tertiary/aromatic N) is 3. The Morgan fingerprint density at radius 2 is 0.743 bits per heavy atom. The Morgan fingerprint density at radius 3 is 1.03 bits per heavy atom. The maximum Gasteiger partial charge on any atom is 0.407 e. The lowest BCUT2D eigenvalue weighted by Crippen LogP contribution is -2.48. The van der Waals surface area contributed by atoms with Crippen LogP contribution < -0.4 is 16.0 Å². The first-order valence-electron chi connectivity index (χ1n) is 38.2. The van der Waals surface area contributed by atoms with Gasteiger partial charge in [-0.2, -0.15) is 0 Å². The minimum atomic E-state index is -0.643. The van der Waals surface area contributed by atoms with Crippen LogP contribution in [0.3, 0.4) is 0 Å². The molecule has 0 unspecified atom stereocenters. The zero-order valence-corrected chi connectivity index (χ0v) is 62.1. The average molecular weight is 1490 g/mol. The Bertz CT molecular complexity index is 4170. The SMILES string of the molecule is COC(=O)COC(=O)N[C@H]1CC[C@@H]2[C@@H](C1)C[C@H]1C(=O)O[C@H](C)[C@H]1[C@H]2/C=C/c1ccc(-c2cccc(F)c2)cn1.COC(=O)N[C@@H]1CC[C@@H]2[C@@H](C1)C[C@H]1C(=O)O[C@H](C)[C@H]1[C@H]2/C=C/c1ccc(-c2cccc(F)c2)cn1.COC(=O)N[C@H]1CC[C@@H]2[C@@H](C1)C[C@H]1C(=O)O[C@H](C)[C@H]1[C@H]2/C=C/c1ccc(-c2cccc(F)c2)cn1. The van der Waals surface area contributed by atoms with Crippen molar-refractivity contribution in [2.75, 3.05) is 27.9 Å². The third-order valence-corrected chi connectivity index (χ3v) is 24.6. The number of ether oxygens (including phenoxy) is 7. The maximum atomic E-state index is 13.6. The van der Waals surface area contributed by atoms with E-state index < -0.39 is 30.9 Å². The Kier molecular flexibility index (Phi) is 24.4. The van der Waals surface area contributed by atoms with Crippen LogP contribution in [0.2, 0.25) is 0 Å². The zero-order valence-electron chi connectivity index (χ0n) is 62.1. The smallest absolute Gasteiger partial charge is 0.407 e. The van der Waals surface area contributed by atoms with Crippen molar-refractivity contribution in [2.45, 2.75) is 134 Å². The minimum Gasteiger partial charge on any atom is -0.466 e. The van der Waals surface area contributed by atoms with E-state index in [1.165, 1.54) is 57.7 Å². The largest absolute Gasteiger partial charge is 0.466 e. The standard InChI is InChI=1S/C30H33FN2O6.2C28H31FN2O4/c1-17-28-25(11-8-22-7-6-19(15-32-22)18-4-3-5-21(31)12-18)24-10-9-23(33-30(36)38-16-27(34)37-2)13-20(24)14-26(28)29(35)39-17;2*1-16-26-24(11-8-21-7-6-18(15-30-21)17-4-3-5-20(29)12-17)23-10-9-22(31-28(33)34-2)13-19(23)14-25(26)27(32)35-16/h3-8,11-12,15,17,20,23-26,28H,9-10,13-14,16H2,1-2H3,(H,33,36);2*3-8,11-12,15-16,19,22-26H,9-10,13-14H2,1-2H3,(H,31,33)/b3*11-8+/t17-,20+,23+,24-,25+,26-,28+;16-,19+,22+,23-,24+,25-,26+;16-,19+,22-,23-,24+,25-,26+/m111/s1. The molecule has 574 valence electrons. The van der Waals surface area contributed by atoms with Crippen molar-refractivity contribution in [3.63, 3.8) is 0 Å². The van der Waals surface area contributed by atoms with E-state index in [0.717, 1.165) is 128 Å². The van der Waals surface area contributed by atoms with Gasteiger partial charge in [-0.1, -0.05) is 72.8 Å². The maximum absolute atomic E-state index is 13.6. The molecule has 3 saturated heterocycles. The molecule has 21 atom stereocenters. The fourth-order valence-electron chi connectivity index (χ4n) is 19.7. The number of methoxy groups -OCH3 is 3. The molecular weight excluding hydrogens is 1400 g/mol. The number of amides is 3. The number of alkyl carbamates (subject to hydrolysis) is 3. The molecule has 9 aliphatic rings. The summed E-state index contributed by atoms with van der Waals surface area (Å²) < 4.78 is 76.8. The molecule has 109 heavy (non-hydrogen) atoms. The molecule has 15 rings (SSSR count). The molecular formula is C86H95F3N6O14. The number of hydrogen-bond donors (Lipinski definition) is 3. The van der Waals surface area contributed by atoms with Crippen LogP contribution >= 0.6 is 0 Å². The van der Waals surface area contributed by atoms with Gasteiger partial charge in [0.15, 0.2) is 6.61 Å². The highest BCUT2D eigenvalue weighted by atomic mass is 19.1. The number of hydrogen-bond acceptors (Lipinski definition) is 17. The van der Waals surface area contributed by atoms with Crippen LogP contribution in [-0.2, 0) is 52.3 Å². The van der Waals surface area contributed by atoms with Gasteiger partial charge >= 0.3 is 42.2 Å². The first-order chi connectivity index (χ1) is 52.7. The highest BCUT2D eigenvalue weighted by Gasteiger charge is 2.58. The summed E-state index contributed by atoms with van der Waals surface area (Å²) in [5.41, 5.74) is 7.34. The van der Waals surface area contributed by atoms with E-state index in [4.69, 9.17) is 28.4 Å². The summed E-state index contributed by atoms with van der Waals surface area (Å²) in [6.07, 6.45) is 26.3. The monoisotopic (exact) mass is 1490 g/mol. The fraction of sp³-hybridized carbons (Fsp3) is 0.465. The number of benzene rings is 3. The quantitative estimate of drug-likeness (QED) is 0.0676. The molecule has 0 radical (unpaired) electrons. The van der Waals surface area contributed by atoms with E-state index in [1.54, 1.807) is 36.8 Å². The number of pyridine rings is 3. The molecule has 6 heterocycles. The van der Waals surface area contributed by atoms with Gasteiger partial charge in [0.2, 0.25) is 0 Å². The number of rotatable bonds is 14. The Hall–Kier alpha value is -10.2. The summed E-state index contributed by atoms with van der Waals surface area (Å²) in [5, 5.41) is 8.76. The normalized spacial score (nSPS) is 31.2. The van der Waals surface area contributed by atoms with Crippen molar-refractivity contribution < 1.29 is 79.9 Å². The van der Waals surface area contributed by atoms with E-state index in [1.807, 2.05) is 93.6 Å². The molecule has 0 spiro atoms. The van der Waals surface area contributed by atoms with E-state index >= 15 is 0 Å². The number of fused-ring (bicyclic) bond motifs is 6. The Morgan fingerprint density at radius 1 is 0.422 bits per heavy atom. The number of esters is 4. The lowest BCUT2D eigenvalue weighted by molar-refractivity contribution is -0.145. The summed E-state index contributed by atoms with van der Waals surface area (Å²) >= 11 is 0. The Labute approximate surface area is 633 Å². The first-order valence-corrected chi connectivity index (χ1v) is 38.2. The van der Waals surface area contributed by atoms with Crippen LogP contribution in [-0.4, -0.2) is 121 Å². The third kappa shape index (κ3) is 18.1. The van der Waals surface area contributed by atoms with Gasteiger partial charge in [0.1, 0.15) is 35.8 Å². The molecule has 6 aliphatic carbocycles. The van der Waals surface area contributed by atoms with Crippen LogP contribution in [0.25, 0.3) is 51.6 Å². The summed E-state index contributed by atoms with van der Waals surface area (Å²) in [6, 6.07) is 31.0. The summed E-state index contributed by atoms with van der Waals surface area (Å²) in [5.74, 6) is 0.836. The predicted octanol–water partition coefficient (Wildman–Crippen LogP) is 15.3. The van der Waals surface area contributed by atoms with Crippen molar-refractivity contribution in [3.8, 4) is 33.4 Å². The van der Waals surface area contributed by atoms with E-state index in [9.17, 15) is 46.7 Å². The number of carbonyl (C=O) groups is 7. The number of aromatic nitrogens is 3. The highest BCUT2D eigenvalue weighted by molar-refractivity contribution is 5.78. The second-order valence-corrected chi connectivity index (χ2v) is 30.8. The predicted molar refractivity (Wildman–Crippen MR) is 399 cm³/mol. The molecule has 6 aromatic rings. The molecule has 9 fully saturated rings. The van der Waals surface area contributed by atoms with Crippen molar-refractivity contribution in [1.82, 2.24) is 30.9 Å². The molecule has 3 aromatic carbocycles. The number of carbonyl (C=O) groups excluding carboxylic acids is 7. The van der Waals surface area contributed by atoms with Crippen molar-refractivity contribution in [1.29, 1.82) is 0 Å². The summed E-state index contributed by atoms with van der Waals surface area (Å²) in [6.45, 7) is 5.54. The second kappa shape index (κ2) is 34.6. The van der Waals surface area contributed by atoms with Crippen molar-refractivity contribution >= 4 is 60.4 Å². The average Bonchev–Trinajstić information content (AvgIpc) is 1.67. The van der Waals surface area contributed by atoms with Crippen LogP contribution in [0.15, 0.2) is 146 Å². The van der Waals surface area contributed by atoms with Gasteiger partial charge in [0.05, 0.1) is 56.2 Å². The van der Waals surface area contributed by atoms with E-state index in [2.05, 4.69) is 53.9 Å². The van der Waals surface area contributed by atoms with Gasteiger partial charge < -0.3 is 49.1 Å². The topological polar surface area (TPSA) is 259 Å². The molecule has 0 bridgehead atoms. The van der Waals surface area contributed by atoms with Crippen LogP contribution in [0.4, 0.5) is 27.6 Å². The van der Waals surface area contributed by atoms with Gasteiger partial charge in [0.25, 0.3) is 0 Å².